The van der Waals surface area contributed by atoms with Crippen LogP contribution >= 0.6 is 0 Å². The fourth-order valence-electron chi connectivity index (χ4n) is 3.67. The maximum atomic E-state index is 12.3. The topological polar surface area (TPSA) is 93.9 Å². The number of nitrogens with one attached hydrogen (secondary N) is 1. The van der Waals surface area contributed by atoms with Gasteiger partial charge in [-0.1, -0.05) is 38.5 Å². The molecule has 0 atom stereocenters. The first-order valence-corrected chi connectivity index (χ1v) is 8.96. The average Bonchev–Trinajstić information content (AvgIpc) is 2.95. The largest absolute Gasteiger partial charge is 0.464 e. The molecule has 3 rings (SSSR count). The van der Waals surface area contributed by atoms with Crippen molar-refractivity contribution in [2.24, 2.45) is 0 Å². The van der Waals surface area contributed by atoms with Crippen LogP contribution in [0.5, 0.6) is 0 Å². The number of nitrogens with zero attached hydrogens (tertiary/aromatic N) is 2. The summed E-state index contributed by atoms with van der Waals surface area (Å²) in [5.74, 6) is 0.152. The Balaban J connectivity index is 2.10. The van der Waals surface area contributed by atoms with Crippen molar-refractivity contribution < 1.29 is 9.53 Å². The molecule has 1 aliphatic rings. The SMILES string of the molecule is COC(=O)c1nc2n[nH]c(N)c2c2c1CCCCCCCCCC2. The van der Waals surface area contributed by atoms with Crippen LogP contribution in [-0.2, 0) is 17.6 Å². The van der Waals surface area contributed by atoms with Crippen LogP contribution in [0.2, 0.25) is 0 Å². The summed E-state index contributed by atoms with van der Waals surface area (Å²) < 4.78 is 4.96. The number of aromatic amines is 1. The van der Waals surface area contributed by atoms with Crippen molar-refractivity contribution in [1.82, 2.24) is 15.2 Å². The van der Waals surface area contributed by atoms with Gasteiger partial charge in [-0.3, -0.25) is 5.10 Å². The van der Waals surface area contributed by atoms with Gasteiger partial charge in [0.2, 0.25) is 0 Å². The molecule has 0 saturated carbocycles. The quantitative estimate of drug-likeness (QED) is 0.780. The van der Waals surface area contributed by atoms with Gasteiger partial charge in [-0.2, -0.15) is 5.10 Å². The van der Waals surface area contributed by atoms with Crippen LogP contribution in [0.1, 0.15) is 73.0 Å². The summed E-state index contributed by atoms with van der Waals surface area (Å²) in [6.07, 6.45) is 11.4. The Kier molecular flexibility index (Phi) is 5.33. The number of nitrogen functional groups attached to an aromatic ring is 1. The van der Waals surface area contributed by atoms with Crippen LogP contribution in [0.4, 0.5) is 5.82 Å². The second-order valence-corrected chi connectivity index (χ2v) is 6.57. The Bertz CT molecular complexity index is 723. The molecule has 2 heterocycles. The molecule has 0 unspecified atom stereocenters. The Morgan fingerprint density at radius 3 is 2.21 bits per heavy atom. The number of ether oxygens (including phenoxy) is 1. The molecular formula is C18H26N4O2. The van der Waals surface area contributed by atoms with Gasteiger partial charge in [0.05, 0.1) is 12.5 Å². The van der Waals surface area contributed by atoms with E-state index in [9.17, 15) is 4.79 Å². The van der Waals surface area contributed by atoms with E-state index in [-0.39, 0.29) is 5.97 Å². The number of carbonyl (C=O) groups excluding carboxylic acids is 1. The molecule has 0 fully saturated rings. The van der Waals surface area contributed by atoms with Gasteiger partial charge in [-0.15, -0.1) is 0 Å². The highest BCUT2D eigenvalue weighted by Gasteiger charge is 2.23. The Labute approximate surface area is 142 Å². The molecule has 0 radical (unpaired) electrons. The van der Waals surface area contributed by atoms with E-state index in [0.29, 0.717) is 17.2 Å². The third-order valence-corrected chi connectivity index (χ3v) is 4.93. The number of H-pyrrole nitrogens is 1. The predicted molar refractivity (Wildman–Crippen MR) is 94.0 cm³/mol. The molecule has 1 aliphatic carbocycles. The van der Waals surface area contributed by atoms with Gasteiger partial charge < -0.3 is 10.5 Å². The summed E-state index contributed by atoms with van der Waals surface area (Å²) in [5.41, 5.74) is 9.15. The second kappa shape index (κ2) is 7.64. The van der Waals surface area contributed by atoms with Crippen LogP contribution in [0.3, 0.4) is 0 Å². The van der Waals surface area contributed by atoms with Crippen molar-refractivity contribution in [2.45, 2.75) is 64.2 Å². The van der Waals surface area contributed by atoms with E-state index in [1.807, 2.05) is 0 Å². The lowest BCUT2D eigenvalue weighted by molar-refractivity contribution is 0.0593. The number of anilines is 1. The fourth-order valence-corrected chi connectivity index (χ4v) is 3.67. The highest BCUT2D eigenvalue weighted by molar-refractivity contribution is 5.97. The molecule has 0 bridgehead atoms. The van der Waals surface area contributed by atoms with Gasteiger partial charge in [-0.05, 0) is 36.8 Å². The number of hydrogen-bond acceptors (Lipinski definition) is 5. The van der Waals surface area contributed by atoms with Gasteiger partial charge in [0.15, 0.2) is 11.3 Å². The van der Waals surface area contributed by atoms with Gasteiger partial charge in [0.1, 0.15) is 5.82 Å². The average molecular weight is 330 g/mol. The Morgan fingerprint density at radius 2 is 1.58 bits per heavy atom. The van der Waals surface area contributed by atoms with Crippen LogP contribution in [0.25, 0.3) is 11.0 Å². The minimum absolute atomic E-state index is 0.387. The van der Waals surface area contributed by atoms with E-state index in [1.54, 1.807) is 0 Å². The van der Waals surface area contributed by atoms with Crippen molar-refractivity contribution in [3.63, 3.8) is 0 Å². The molecule has 3 N–H and O–H groups in total. The maximum absolute atomic E-state index is 12.3. The van der Waals surface area contributed by atoms with Gasteiger partial charge in [0, 0.05) is 0 Å². The van der Waals surface area contributed by atoms with Gasteiger partial charge >= 0.3 is 5.97 Å². The number of pyridine rings is 1. The molecule has 2 aromatic rings. The third kappa shape index (κ3) is 3.37. The molecule has 130 valence electrons. The number of aryl methyl sites for hydroxylation is 1. The van der Waals surface area contributed by atoms with E-state index in [1.165, 1.54) is 45.6 Å². The van der Waals surface area contributed by atoms with E-state index in [0.717, 1.165) is 42.2 Å². The Morgan fingerprint density at radius 1 is 1.00 bits per heavy atom. The first-order valence-electron chi connectivity index (χ1n) is 8.96. The highest BCUT2D eigenvalue weighted by atomic mass is 16.5. The minimum atomic E-state index is -0.387. The first-order chi connectivity index (χ1) is 11.7. The number of rotatable bonds is 1. The highest BCUT2D eigenvalue weighted by Crippen LogP contribution is 2.30. The van der Waals surface area contributed by atoms with Crippen molar-refractivity contribution in [3.8, 4) is 0 Å². The Hall–Kier alpha value is -2.11. The van der Waals surface area contributed by atoms with Crippen LogP contribution in [0.15, 0.2) is 0 Å². The van der Waals surface area contributed by atoms with Crippen molar-refractivity contribution >= 4 is 22.8 Å². The molecular weight excluding hydrogens is 304 g/mol. The first kappa shape index (κ1) is 16.7. The number of methoxy groups -OCH3 is 1. The molecule has 0 aromatic carbocycles. The summed E-state index contributed by atoms with van der Waals surface area (Å²) in [5, 5.41) is 7.86. The van der Waals surface area contributed by atoms with Crippen molar-refractivity contribution in [3.05, 3.63) is 16.8 Å². The second-order valence-electron chi connectivity index (χ2n) is 6.57. The number of fused-ring (bicyclic) bond motifs is 3. The summed E-state index contributed by atoms with van der Waals surface area (Å²) >= 11 is 0. The zero-order valence-electron chi connectivity index (χ0n) is 14.4. The summed E-state index contributed by atoms with van der Waals surface area (Å²) in [7, 11) is 1.40. The van der Waals surface area contributed by atoms with Gasteiger partial charge in [0.25, 0.3) is 0 Å². The van der Waals surface area contributed by atoms with E-state index in [2.05, 4.69) is 15.2 Å². The van der Waals surface area contributed by atoms with Crippen LogP contribution in [-0.4, -0.2) is 28.3 Å². The lowest BCUT2D eigenvalue weighted by Crippen LogP contribution is -2.13. The summed E-state index contributed by atoms with van der Waals surface area (Å²) in [6, 6.07) is 0. The number of carbonyl (C=O) groups is 1. The molecule has 0 amide bonds. The van der Waals surface area contributed by atoms with E-state index < -0.39 is 0 Å². The zero-order valence-corrected chi connectivity index (χ0v) is 14.4. The van der Waals surface area contributed by atoms with Crippen LogP contribution < -0.4 is 5.73 Å². The third-order valence-electron chi connectivity index (χ3n) is 4.93. The normalized spacial score (nSPS) is 16.9. The molecule has 0 saturated heterocycles. The lowest BCUT2D eigenvalue weighted by Gasteiger charge is -2.15. The number of aromatic nitrogens is 3. The predicted octanol–water partition coefficient (Wildman–Crippen LogP) is 3.55. The molecule has 0 aliphatic heterocycles. The van der Waals surface area contributed by atoms with Gasteiger partial charge in [-0.25, -0.2) is 9.78 Å². The summed E-state index contributed by atoms with van der Waals surface area (Å²) in [4.78, 5) is 16.7. The van der Waals surface area contributed by atoms with E-state index >= 15 is 0 Å². The zero-order chi connectivity index (χ0) is 16.9. The molecule has 0 spiro atoms. The van der Waals surface area contributed by atoms with E-state index in [4.69, 9.17) is 10.5 Å². The molecule has 24 heavy (non-hydrogen) atoms. The monoisotopic (exact) mass is 330 g/mol. The fraction of sp³-hybridized carbons (Fsp3) is 0.611. The minimum Gasteiger partial charge on any atom is -0.464 e. The molecule has 6 heteroatoms. The maximum Gasteiger partial charge on any atom is 0.357 e. The number of hydrogen-bond donors (Lipinski definition) is 2. The smallest absolute Gasteiger partial charge is 0.357 e. The molecule has 2 aromatic heterocycles. The lowest BCUT2D eigenvalue weighted by atomic mass is 9.92. The summed E-state index contributed by atoms with van der Waals surface area (Å²) in [6.45, 7) is 0. The van der Waals surface area contributed by atoms with Crippen molar-refractivity contribution in [2.75, 3.05) is 12.8 Å². The van der Waals surface area contributed by atoms with Crippen molar-refractivity contribution in [1.29, 1.82) is 0 Å². The van der Waals surface area contributed by atoms with Crippen LogP contribution in [0, 0.1) is 0 Å². The number of nitrogens with two attached hydrogens (primary N) is 1. The standard InChI is InChI=1S/C18H26N4O2/c1-24-18(23)15-13-11-9-7-5-3-2-4-6-8-10-12(13)14-16(19)21-22-17(14)20-15/h2-11H2,1H3,(H3,19,20,21,22). The molecule has 6 nitrogen and oxygen atoms in total. The number of esters is 1.